The monoisotopic (exact) mass is 204 g/mol. The first kappa shape index (κ1) is 11.3. The summed E-state index contributed by atoms with van der Waals surface area (Å²) in [6, 6.07) is 0. The van der Waals surface area contributed by atoms with Crippen molar-refractivity contribution < 1.29 is 9.84 Å². The quantitative estimate of drug-likeness (QED) is 0.760. The van der Waals surface area contributed by atoms with Crippen LogP contribution in [0.1, 0.15) is 33.1 Å². The highest BCUT2D eigenvalue weighted by Crippen LogP contribution is 2.24. The summed E-state index contributed by atoms with van der Waals surface area (Å²) in [7, 11) is 0. The van der Waals surface area contributed by atoms with Gasteiger partial charge in [0.1, 0.15) is 0 Å². The van der Waals surface area contributed by atoms with Crippen LogP contribution in [0, 0.1) is 0 Å². The Bertz CT molecular complexity index is 136. The Kier molecular flexibility index (Phi) is 4.56. The van der Waals surface area contributed by atoms with Gasteiger partial charge in [0.2, 0.25) is 0 Å². The molecule has 0 aromatic heterocycles. The summed E-state index contributed by atoms with van der Waals surface area (Å²) in [6.07, 6.45) is 3.24. The molecule has 0 unspecified atom stereocenters. The third kappa shape index (κ3) is 5.55. The molecule has 1 aliphatic heterocycles. The molecule has 3 heteroatoms. The number of thioether (sulfide) groups is 1. The minimum Gasteiger partial charge on any atom is -0.390 e. The Labute approximate surface area is 85.0 Å². The Hall–Kier alpha value is 0.270. The minimum atomic E-state index is -0.502. The molecule has 0 aromatic rings. The molecule has 0 aliphatic carbocycles. The zero-order valence-corrected chi connectivity index (χ0v) is 9.40. The van der Waals surface area contributed by atoms with Crippen LogP contribution in [-0.4, -0.2) is 34.9 Å². The van der Waals surface area contributed by atoms with Crippen LogP contribution in [-0.2, 0) is 4.74 Å². The maximum absolute atomic E-state index is 9.51. The van der Waals surface area contributed by atoms with Crippen molar-refractivity contribution in [1.29, 1.82) is 0 Å². The first-order valence-corrected chi connectivity index (χ1v) is 6.04. The predicted molar refractivity (Wildman–Crippen MR) is 57.2 cm³/mol. The van der Waals surface area contributed by atoms with Crippen molar-refractivity contribution in [3.63, 3.8) is 0 Å². The van der Waals surface area contributed by atoms with Gasteiger partial charge in [-0.2, -0.15) is 11.8 Å². The number of hydrogen-bond donors (Lipinski definition) is 1. The topological polar surface area (TPSA) is 29.5 Å². The molecule has 0 spiro atoms. The Morgan fingerprint density at radius 2 is 2.00 bits per heavy atom. The molecule has 13 heavy (non-hydrogen) atoms. The van der Waals surface area contributed by atoms with Crippen LogP contribution in [0.4, 0.5) is 0 Å². The van der Waals surface area contributed by atoms with Gasteiger partial charge < -0.3 is 9.84 Å². The molecule has 1 saturated heterocycles. The number of aliphatic hydroxyl groups is 1. The van der Waals surface area contributed by atoms with Gasteiger partial charge >= 0.3 is 0 Å². The average Bonchev–Trinajstić information content (AvgIpc) is 2.04. The lowest BCUT2D eigenvalue weighted by atomic mass is 10.1. The molecular weight excluding hydrogens is 184 g/mol. The smallest absolute Gasteiger partial charge is 0.0599 e. The summed E-state index contributed by atoms with van der Waals surface area (Å²) in [4.78, 5) is 0. The van der Waals surface area contributed by atoms with E-state index < -0.39 is 5.60 Å². The molecule has 2 nitrogen and oxygen atoms in total. The summed E-state index contributed by atoms with van der Waals surface area (Å²) in [5.74, 6) is 1.06. The van der Waals surface area contributed by atoms with E-state index in [4.69, 9.17) is 4.74 Å². The molecule has 78 valence electrons. The van der Waals surface area contributed by atoms with E-state index in [-0.39, 0.29) is 0 Å². The van der Waals surface area contributed by atoms with Crippen molar-refractivity contribution in [2.24, 2.45) is 0 Å². The third-order valence-electron chi connectivity index (χ3n) is 2.24. The van der Waals surface area contributed by atoms with E-state index in [0.717, 1.165) is 30.6 Å². The second-order valence-electron chi connectivity index (χ2n) is 4.24. The van der Waals surface area contributed by atoms with Gasteiger partial charge in [0.25, 0.3) is 0 Å². The fourth-order valence-corrected chi connectivity index (χ4v) is 2.79. The van der Waals surface area contributed by atoms with E-state index in [1.54, 1.807) is 0 Å². The molecule has 1 aliphatic rings. The second kappa shape index (κ2) is 5.23. The standard InChI is InChI=1S/C10H20O2S/c1-10(2,11)5-8-13-9-3-6-12-7-4-9/h9,11H,3-8H2,1-2H3. The van der Waals surface area contributed by atoms with Gasteiger partial charge in [0.15, 0.2) is 0 Å². The van der Waals surface area contributed by atoms with Crippen molar-refractivity contribution in [2.45, 2.75) is 44.0 Å². The molecule has 0 atom stereocenters. The summed E-state index contributed by atoms with van der Waals surface area (Å²) >= 11 is 1.98. The number of rotatable bonds is 4. The highest BCUT2D eigenvalue weighted by molar-refractivity contribution is 7.99. The van der Waals surface area contributed by atoms with Gasteiger partial charge in [0, 0.05) is 18.5 Å². The molecule has 0 bridgehead atoms. The lowest BCUT2D eigenvalue weighted by molar-refractivity contribution is 0.0775. The second-order valence-corrected chi connectivity index (χ2v) is 5.65. The van der Waals surface area contributed by atoms with Crippen LogP contribution in [0.3, 0.4) is 0 Å². The zero-order chi connectivity index (χ0) is 9.73. The Morgan fingerprint density at radius 3 is 2.54 bits per heavy atom. The van der Waals surface area contributed by atoms with Crippen LogP contribution in [0.2, 0.25) is 0 Å². The van der Waals surface area contributed by atoms with E-state index in [0.29, 0.717) is 0 Å². The summed E-state index contributed by atoms with van der Waals surface area (Å²) in [6.45, 7) is 5.58. The lowest BCUT2D eigenvalue weighted by Crippen LogP contribution is -2.22. The SMILES string of the molecule is CC(C)(O)CCSC1CCOCC1. The van der Waals surface area contributed by atoms with E-state index in [1.807, 2.05) is 25.6 Å². The minimum absolute atomic E-state index is 0.502. The maximum atomic E-state index is 9.51. The molecule has 1 rings (SSSR count). The normalized spacial score (nSPS) is 20.5. The average molecular weight is 204 g/mol. The van der Waals surface area contributed by atoms with Crippen molar-refractivity contribution >= 4 is 11.8 Å². The first-order valence-electron chi connectivity index (χ1n) is 5.00. The van der Waals surface area contributed by atoms with E-state index >= 15 is 0 Å². The van der Waals surface area contributed by atoms with Crippen molar-refractivity contribution in [3.05, 3.63) is 0 Å². The van der Waals surface area contributed by atoms with E-state index in [1.165, 1.54) is 12.8 Å². The molecule has 0 aromatic carbocycles. The largest absolute Gasteiger partial charge is 0.390 e. The van der Waals surface area contributed by atoms with Crippen LogP contribution < -0.4 is 0 Å². The molecule has 1 heterocycles. The van der Waals surface area contributed by atoms with Crippen LogP contribution >= 0.6 is 11.8 Å². The Balaban J connectivity index is 2.04. The third-order valence-corrected chi connectivity index (χ3v) is 3.62. The van der Waals surface area contributed by atoms with Crippen LogP contribution in [0.15, 0.2) is 0 Å². The molecule has 1 fully saturated rings. The van der Waals surface area contributed by atoms with Gasteiger partial charge in [-0.05, 0) is 38.9 Å². The highest BCUT2D eigenvalue weighted by atomic mass is 32.2. The lowest BCUT2D eigenvalue weighted by Gasteiger charge is -2.23. The molecule has 0 saturated carbocycles. The molecule has 1 N–H and O–H groups in total. The molecule has 0 radical (unpaired) electrons. The molecule has 0 amide bonds. The summed E-state index contributed by atoms with van der Waals surface area (Å²) in [5, 5.41) is 10.3. The van der Waals surface area contributed by atoms with Gasteiger partial charge in [-0.3, -0.25) is 0 Å². The number of ether oxygens (including phenoxy) is 1. The Morgan fingerprint density at radius 1 is 1.38 bits per heavy atom. The van der Waals surface area contributed by atoms with Crippen molar-refractivity contribution in [1.82, 2.24) is 0 Å². The predicted octanol–water partition coefficient (Wildman–Crippen LogP) is 2.06. The van der Waals surface area contributed by atoms with Gasteiger partial charge in [0.05, 0.1) is 5.60 Å². The van der Waals surface area contributed by atoms with Gasteiger partial charge in [-0.1, -0.05) is 0 Å². The van der Waals surface area contributed by atoms with Crippen molar-refractivity contribution in [2.75, 3.05) is 19.0 Å². The number of hydrogen-bond acceptors (Lipinski definition) is 3. The highest BCUT2D eigenvalue weighted by Gasteiger charge is 2.16. The van der Waals surface area contributed by atoms with Crippen molar-refractivity contribution in [3.8, 4) is 0 Å². The first-order chi connectivity index (χ1) is 6.08. The van der Waals surface area contributed by atoms with Crippen LogP contribution in [0.5, 0.6) is 0 Å². The fraction of sp³-hybridized carbons (Fsp3) is 1.00. The van der Waals surface area contributed by atoms with Gasteiger partial charge in [-0.25, -0.2) is 0 Å². The summed E-state index contributed by atoms with van der Waals surface area (Å²) < 4.78 is 5.28. The van der Waals surface area contributed by atoms with E-state index in [9.17, 15) is 5.11 Å². The maximum Gasteiger partial charge on any atom is 0.0599 e. The fourth-order valence-electron chi connectivity index (χ4n) is 1.32. The molecular formula is C10H20O2S. The zero-order valence-electron chi connectivity index (χ0n) is 8.58. The van der Waals surface area contributed by atoms with Crippen LogP contribution in [0.25, 0.3) is 0 Å². The van der Waals surface area contributed by atoms with Gasteiger partial charge in [-0.15, -0.1) is 0 Å². The summed E-state index contributed by atoms with van der Waals surface area (Å²) in [5.41, 5.74) is -0.502. The van der Waals surface area contributed by atoms with E-state index in [2.05, 4.69) is 0 Å².